The van der Waals surface area contributed by atoms with Crippen LogP contribution >= 0.6 is 0 Å². The minimum absolute atomic E-state index is 0.143. The average Bonchev–Trinajstić information content (AvgIpc) is 2.18. The lowest BCUT2D eigenvalue weighted by atomic mass is 9.85. The monoisotopic (exact) mass is 201 g/mol. The van der Waals surface area contributed by atoms with E-state index in [1.165, 1.54) is 6.42 Å². The Bertz CT molecular complexity index is 200. The van der Waals surface area contributed by atoms with E-state index in [0.717, 1.165) is 25.7 Å². The minimum Gasteiger partial charge on any atom is -0.409 e. The Balaban J connectivity index is 2.22. The van der Waals surface area contributed by atoms with Crippen LogP contribution in [0.15, 0.2) is 5.16 Å². The summed E-state index contributed by atoms with van der Waals surface area (Å²) in [7, 11) is 0. The van der Waals surface area contributed by atoms with Crippen LogP contribution < -0.4 is 11.1 Å². The lowest BCUT2D eigenvalue weighted by molar-refractivity contribution is 0.00593. The van der Waals surface area contributed by atoms with Crippen molar-refractivity contribution in [1.82, 2.24) is 5.32 Å². The van der Waals surface area contributed by atoms with E-state index in [4.69, 9.17) is 10.9 Å². The van der Waals surface area contributed by atoms with Crippen LogP contribution in [0.4, 0.5) is 0 Å². The predicted molar refractivity (Wildman–Crippen MR) is 54.3 cm³/mol. The molecule has 5 heteroatoms. The van der Waals surface area contributed by atoms with Gasteiger partial charge in [-0.15, -0.1) is 0 Å². The van der Waals surface area contributed by atoms with Gasteiger partial charge in [-0.1, -0.05) is 24.4 Å². The van der Waals surface area contributed by atoms with Gasteiger partial charge in [0.2, 0.25) is 0 Å². The Morgan fingerprint density at radius 3 is 2.57 bits per heavy atom. The second-order valence-corrected chi connectivity index (χ2v) is 3.98. The van der Waals surface area contributed by atoms with Crippen LogP contribution in [0.2, 0.25) is 0 Å². The molecule has 14 heavy (non-hydrogen) atoms. The normalized spacial score (nSPS) is 22.2. The van der Waals surface area contributed by atoms with Gasteiger partial charge in [0.05, 0.1) is 12.1 Å². The molecular weight excluding hydrogens is 182 g/mol. The van der Waals surface area contributed by atoms with Crippen LogP contribution in [0, 0.1) is 0 Å². The maximum atomic E-state index is 10.1. The molecule has 0 radical (unpaired) electrons. The molecule has 1 rings (SSSR count). The third-order valence-electron chi connectivity index (χ3n) is 2.67. The number of rotatable bonds is 4. The van der Waals surface area contributed by atoms with E-state index < -0.39 is 5.60 Å². The number of nitrogens with one attached hydrogen (secondary N) is 1. The lowest BCUT2D eigenvalue weighted by Crippen LogP contribution is -2.44. The fraction of sp³-hybridized carbons (Fsp3) is 0.889. The van der Waals surface area contributed by atoms with Crippen molar-refractivity contribution >= 4 is 5.84 Å². The summed E-state index contributed by atoms with van der Waals surface area (Å²) in [5.41, 5.74) is 4.70. The van der Waals surface area contributed by atoms with Crippen LogP contribution in [0.25, 0.3) is 0 Å². The molecule has 5 N–H and O–H groups in total. The molecule has 0 saturated heterocycles. The second-order valence-electron chi connectivity index (χ2n) is 3.98. The topological polar surface area (TPSA) is 90.9 Å². The first-order valence-corrected chi connectivity index (χ1v) is 5.06. The Hall–Kier alpha value is -0.810. The molecule has 0 aromatic heterocycles. The van der Waals surface area contributed by atoms with E-state index in [2.05, 4.69) is 10.5 Å². The molecule has 0 aromatic carbocycles. The SMILES string of the molecule is NC(CNCC1(O)CCCCC1)=NO. The zero-order chi connectivity index (χ0) is 10.4. The summed E-state index contributed by atoms with van der Waals surface area (Å²) in [6.07, 6.45) is 5.07. The smallest absolute Gasteiger partial charge is 0.153 e. The first kappa shape index (κ1) is 11.3. The highest BCUT2D eigenvalue weighted by atomic mass is 16.4. The van der Waals surface area contributed by atoms with Crippen molar-refractivity contribution in [2.45, 2.75) is 37.7 Å². The number of nitrogens with zero attached hydrogens (tertiary/aromatic N) is 1. The van der Waals surface area contributed by atoms with E-state index in [1.54, 1.807) is 0 Å². The average molecular weight is 201 g/mol. The van der Waals surface area contributed by atoms with Gasteiger partial charge in [-0.05, 0) is 12.8 Å². The number of hydrogen-bond donors (Lipinski definition) is 4. The third-order valence-corrected chi connectivity index (χ3v) is 2.67. The van der Waals surface area contributed by atoms with E-state index in [-0.39, 0.29) is 5.84 Å². The van der Waals surface area contributed by atoms with Crippen LogP contribution in [-0.2, 0) is 0 Å². The third kappa shape index (κ3) is 3.51. The Morgan fingerprint density at radius 2 is 2.00 bits per heavy atom. The van der Waals surface area contributed by atoms with Crippen molar-refractivity contribution in [3.8, 4) is 0 Å². The lowest BCUT2D eigenvalue weighted by Gasteiger charge is -2.32. The Labute approximate surface area is 84.0 Å². The van der Waals surface area contributed by atoms with Gasteiger partial charge in [-0.25, -0.2) is 0 Å². The first-order chi connectivity index (χ1) is 6.66. The zero-order valence-electron chi connectivity index (χ0n) is 8.37. The number of amidine groups is 1. The molecule has 0 spiro atoms. The molecule has 0 aliphatic heterocycles. The molecule has 0 heterocycles. The van der Waals surface area contributed by atoms with Crippen molar-refractivity contribution in [2.24, 2.45) is 10.9 Å². The van der Waals surface area contributed by atoms with Gasteiger partial charge >= 0.3 is 0 Å². The molecular formula is C9H19N3O2. The van der Waals surface area contributed by atoms with E-state index in [9.17, 15) is 5.11 Å². The number of aliphatic hydroxyl groups is 1. The molecule has 1 aliphatic carbocycles. The summed E-state index contributed by atoms with van der Waals surface area (Å²) in [4.78, 5) is 0. The van der Waals surface area contributed by atoms with Gasteiger partial charge in [-0.2, -0.15) is 0 Å². The maximum absolute atomic E-state index is 10.1. The van der Waals surface area contributed by atoms with Crippen LogP contribution in [0.5, 0.6) is 0 Å². The van der Waals surface area contributed by atoms with Crippen molar-refractivity contribution in [3.63, 3.8) is 0 Å². The van der Waals surface area contributed by atoms with Gasteiger partial charge in [0, 0.05) is 6.54 Å². The molecule has 1 aliphatic rings. The highest BCUT2D eigenvalue weighted by Gasteiger charge is 2.28. The molecule has 0 aromatic rings. The van der Waals surface area contributed by atoms with Gasteiger partial charge in [0.25, 0.3) is 0 Å². The van der Waals surface area contributed by atoms with Gasteiger partial charge < -0.3 is 21.4 Å². The summed E-state index contributed by atoms with van der Waals surface area (Å²) in [5, 5.41) is 24.2. The van der Waals surface area contributed by atoms with Crippen LogP contribution in [0.3, 0.4) is 0 Å². The molecule has 0 unspecified atom stereocenters. The molecule has 1 saturated carbocycles. The first-order valence-electron chi connectivity index (χ1n) is 5.06. The number of nitrogens with two attached hydrogens (primary N) is 1. The van der Waals surface area contributed by atoms with Gasteiger partial charge in [-0.3, -0.25) is 0 Å². The summed E-state index contributed by atoms with van der Waals surface area (Å²) in [5.74, 6) is 0.143. The van der Waals surface area contributed by atoms with Crippen molar-refractivity contribution < 1.29 is 10.3 Å². The Kier molecular flexibility index (Phi) is 4.16. The second kappa shape index (κ2) is 5.17. The number of hydrogen-bond acceptors (Lipinski definition) is 4. The largest absolute Gasteiger partial charge is 0.409 e. The van der Waals surface area contributed by atoms with Gasteiger partial charge in [0.1, 0.15) is 0 Å². The zero-order valence-corrected chi connectivity index (χ0v) is 8.37. The van der Waals surface area contributed by atoms with Crippen LogP contribution in [-0.4, -0.2) is 34.8 Å². The molecule has 1 fully saturated rings. The van der Waals surface area contributed by atoms with E-state index in [0.29, 0.717) is 13.1 Å². The van der Waals surface area contributed by atoms with Crippen molar-refractivity contribution in [1.29, 1.82) is 0 Å². The molecule has 5 nitrogen and oxygen atoms in total. The molecule has 0 amide bonds. The van der Waals surface area contributed by atoms with E-state index in [1.807, 2.05) is 0 Å². The molecule has 0 atom stereocenters. The summed E-state index contributed by atoms with van der Waals surface area (Å²) < 4.78 is 0. The number of oxime groups is 1. The standard InChI is InChI=1S/C9H19N3O2/c10-8(12-14)6-11-7-9(13)4-2-1-3-5-9/h11,13-14H,1-7H2,(H2,10,12). The molecule has 82 valence electrons. The predicted octanol–water partition coefficient (Wildman–Crippen LogP) is 0.0176. The fourth-order valence-electron chi connectivity index (χ4n) is 1.85. The van der Waals surface area contributed by atoms with Crippen LogP contribution in [0.1, 0.15) is 32.1 Å². The Morgan fingerprint density at radius 1 is 1.36 bits per heavy atom. The fourth-order valence-corrected chi connectivity index (χ4v) is 1.85. The van der Waals surface area contributed by atoms with Gasteiger partial charge in [0.15, 0.2) is 5.84 Å². The highest BCUT2D eigenvalue weighted by Crippen LogP contribution is 2.26. The van der Waals surface area contributed by atoms with Crippen molar-refractivity contribution in [2.75, 3.05) is 13.1 Å². The van der Waals surface area contributed by atoms with Crippen molar-refractivity contribution in [3.05, 3.63) is 0 Å². The maximum Gasteiger partial charge on any atom is 0.153 e. The molecule has 0 bridgehead atoms. The highest BCUT2D eigenvalue weighted by molar-refractivity contribution is 5.81. The summed E-state index contributed by atoms with van der Waals surface area (Å²) in [6.45, 7) is 0.835. The quantitative estimate of drug-likeness (QED) is 0.223. The summed E-state index contributed by atoms with van der Waals surface area (Å²) >= 11 is 0. The minimum atomic E-state index is -0.589. The summed E-state index contributed by atoms with van der Waals surface area (Å²) in [6, 6.07) is 0. The van der Waals surface area contributed by atoms with E-state index >= 15 is 0 Å².